The van der Waals surface area contributed by atoms with Crippen LogP contribution < -0.4 is 19.7 Å². The number of pyridine rings is 1. The van der Waals surface area contributed by atoms with Crippen molar-refractivity contribution in [3.8, 4) is 23.8 Å². The fraction of sp³-hybridized carbons (Fsp3) is 0.378. The summed E-state index contributed by atoms with van der Waals surface area (Å²) in [5.41, 5.74) is 3.34. The molecule has 10 heteroatoms. The number of terminal acetylenes is 1. The summed E-state index contributed by atoms with van der Waals surface area (Å²) in [4.78, 5) is 26.2. The number of rotatable bonds is 11. The van der Waals surface area contributed by atoms with Crippen LogP contribution in [0.2, 0.25) is 0 Å². The molecule has 2 aromatic heterocycles. The molecule has 0 saturated heterocycles. The molecule has 1 N–H and O–H groups in total. The Kier molecular flexibility index (Phi) is 12.5. The van der Waals surface area contributed by atoms with Crippen LogP contribution in [0.5, 0.6) is 11.5 Å². The number of hydrogen-bond acceptors (Lipinski definition) is 10. The van der Waals surface area contributed by atoms with Crippen molar-refractivity contribution in [1.82, 2.24) is 20.0 Å². The molecule has 10 nitrogen and oxygen atoms in total. The maximum atomic E-state index is 9.69. The summed E-state index contributed by atoms with van der Waals surface area (Å²) in [5.74, 6) is 6.91. The highest BCUT2D eigenvalue weighted by atomic mass is 16.5. The summed E-state index contributed by atoms with van der Waals surface area (Å²) in [6, 6.07) is 7.97. The summed E-state index contributed by atoms with van der Waals surface area (Å²) in [6.07, 6.45) is 19.3. The van der Waals surface area contributed by atoms with Crippen LogP contribution in [0.4, 0.5) is 17.3 Å². The second-order valence-electron chi connectivity index (χ2n) is 11.8. The summed E-state index contributed by atoms with van der Waals surface area (Å²) >= 11 is 0. The van der Waals surface area contributed by atoms with Gasteiger partial charge in [-0.1, -0.05) is 39.2 Å². The number of allylic oxidation sites excluding steroid dienone is 2. The first kappa shape index (κ1) is 34.7. The van der Waals surface area contributed by atoms with Crippen LogP contribution in [-0.4, -0.2) is 58.2 Å². The molecule has 2 atom stereocenters. The van der Waals surface area contributed by atoms with Crippen molar-refractivity contribution in [3.63, 3.8) is 0 Å². The minimum absolute atomic E-state index is 0.0103. The zero-order valence-electron chi connectivity index (χ0n) is 28.1. The number of aryl methyl sites for hydroxylation is 1. The summed E-state index contributed by atoms with van der Waals surface area (Å²) in [5, 5.41) is 9.66. The van der Waals surface area contributed by atoms with E-state index in [2.05, 4.69) is 51.6 Å². The Morgan fingerprint density at radius 1 is 1.32 bits per heavy atom. The molecule has 246 valence electrons. The Balaban J connectivity index is 0.000000930. The average Bonchev–Trinajstić information content (AvgIpc) is 3.22. The van der Waals surface area contributed by atoms with Gasteiger partial charge in [-0.15, -0.1) is 6.42 Å². The predicted octanol–water partition coefficient (Wildman–Crippen LogP) is 7.21. The first-order valence-corrected chi connectivity index (χ1v) is 16.1. The van der Waals surface area contributed by atoms with E-state index in [9.17, 15) is 4.79 Å². The molecule has 0 bridgehead atoms. The number of carbonyl (C=O) groups is 1. The van der Waals surface area contributed by atoms with Gasteiger partial charge in [0.2, 0.25) is 0 Å². The molecule has 4 heterocycles. The van der Waals surface area contributed by atoms with E-state index in [1.165, 1.54) is 25.8 Å². The fourth-order valence-electron chi connectivity index (χ4n) is 4.85. The van der Waals surface area contributed by atoms with Gasteiger partial charge in [0.25, 0.3) is 0 Å². The first-order valence-electron chi connectivity index (χ1n) is 16.1. The Labute approximate surface area is 278 Å². The van der Waals surface area contributed by atoms with E-state index in [1.54, 1.807) is 12.5 Å². The molecular formula is C37H45N7O3. The van der Waals surface area contributed by atoms with Crippen LogP contribution in [0.1, 0.15) is 52.5 Å². The number of hydrogen-bond donors (Lipinski definition) is 1. The molecule has 1 aromatic carbocycles. The molecule has 3 aromatic rings. The highest BCUT2D eigenvalue weighted by Crippen LogP contribution is 2.35. The van der Waals surface area contributed by atoms with Gasteiger partial charge in [0.05, 0.1) is 24.6 Å². The lowest BCUT2D eigenvalue weighted by Crippen LogP contribution is -2.30. The third kappa shape index (κ3) is 9.91. The second kappa shape index (κ2) is 16.9. The summed E-state index contributed by atoms with van der Waals surface area (Å²) < 4.78 is 12.3. The largest absolute Gasteiger partial charge is 0.489 e. The van der Waals surface area contributed by atoms with E-state index in [0.29, 0.717) is 30.4 Å². The van der Waals surface area contributed by atoms with Gasteiger partial charge in [-0.25, -0.2) is 15.0 Å². The smallest absolute Gasteiger partial charge is 0.172 e. The van der Waals surface area contributed by atoms with Crippen molar-refractivity contribution < 1.29 is 14.3 Å². The highest BCUT2D eigenvalue weighted by Gasteiger charge is 2.24. The number of anilines is 3. The molecular weight excluding hydrogens is 590 g/mol. The zero-order valence-corrected chi connectivity index (χ0v) is 28.1. The Morgan fingerprint density at radius 3 is 2.81 bits per heavy atom. The van der Waals surface area contributed by atoms with E-state index in [4.69, 9.17) is 20.9 Å². The van der Waals surface area contributed by atoms with E-state index in [0.717, 1.165) is 59.4 Å². The minimum Gasteiger partial charge on any atom is -0.489 e. The van der Waals surface area contributed by atoms with Crippen LogP contribution in [0.15, 0.2) is 72.5 Å². The zero-order chi connectivity index (χ0) is 33.8. The van der Waals surface area contributed by atoms with E-state index in [-0.39, 0.29) is 11.7 Å². The second-order valence-corrected chi connectivity index (χ2v) is 11.8. The van der Waals surface area contributed by atoms with Gasteiger partial charge in [-0.3, -0.25) is 9.80 Å². The lowest BCUT2D eigenvalue weighted by Gasteiger charge is -2.24. The number of nitrogens with one attached hydrogen (secondary N) is 1. The van der Waals surface area contributed by atoms with Crippen molar-refractivity contribution in [1.29, 1.82) is 0 Å². The topological polar surface area (TPSA) is 105 Å². The summed E-state index contributed by atoms with van der Waals surface area (Å²) in [7, 11) is 0. The SMILES string of the molecule is C#C[C@@H](C)/C=N\N1C=CC(Oc2ccc(Nc3ncnc4cc5c(nc34)N(CCCCC)CC(C)CO5)cc2C)=CC1.C=CC(C)=O. The molecule has 0 fully saturated rings. The van der Waals surface area contributed by atoms with Crippen molar-refractivity contribution in [2.24, 2.45) is 16.9 Å². The standard InChI is InChI=1S/C33H39N7O2.C4H6O/c1-6-8-9-14-39-20-24(4)21-41-30-18-28-31(38-33(30)39)32(35-22-34-28)37-26-10-11-29(25(5)17-26)42-27-12-15-40(16-13-27)36-19-23(3)7-2;1-3-4(2)5/h2,10-13,15,17-19,22-24H,6,8-9,14,16,20-21H2,1,3-5H3,(H,34,35,37);3H,1H2,2H3/b36-19-;/t23-,24?;/m1./s1. The number of ketones is 1. The molecule has 0 radical (unpaired) electrons. The number of unbranched alkanes of at least 4 members (excludes halogenated alkanes) is 2. The number of benzene rings is 1. The van der Waals surface area contributed by atoms with Crippen LogP contribution in [0.25, 0.3) is 11.0 Å². The molecule has 2 aliphatic heterocycles. The number of ether oxygens (including phenoxy) is 2. The van der Waals surface area contributed by atoms with Crippen molar-refractivity contribution >= 4 is 40.4 Å². The lowest BCUT2D eigenvalue weighted by molar-refractivity contribution is -0.112. The Hall–Kier alpha value is -5.17. The molecule has 5 rings (SSSR count). The minimum atomic E-state index is -0.0103. The van der Waals surface area contributed by atoms with Crippen LogP contribution in [0, 0.1) is 31.1 Å². The van der Waals surface area contributed by atoms with Gasteiger partial charge in [-0.05, 0) is 69.2 Å². The van der Waals surface area contributed by atoms with Crippen LogP contribution in [0.3, 0.4) is 0 Å². The Bertz CT molecular complexity index is 1690. The molecule has 0 amide bonds. The number of nitrogens with zero attached hydrogens (tertiary/aromatic N) is 6. The number of hydrazone groups is 1. The fourth-order valence-corrected chi connectivity index (χ4v) is 4.85. The molecule has 2 aliphatic rings. The lowest BCUT2D eigenvalue weighted by atomic mass is 10.1. The maximum Gasteiger partial charge on any atom is 0.172 e. The average molecular weight is 636 g/mol. The van der Waals surface area contributed by atoms with E-state index >= 15 is 0 Å². The van der Waals surface area contributed by atoms with Crippen LogP contribution in [-0.2, 0) is 4.79 Å². The number of aromatic nitrogens is 3. The normalized spacial score (nSPS) is 16.2. The third-order valence-corrected chi connectivity index (χ3v) is 7.49. The first-order chi connectivity index (χ1) is 22.7. The summed E-state index contributed by atoms with van der Waals surface area (Å²) in [6.45, 7) is 16.2. The van der Waals surface area contributed by atoms with Crippen molar-refractivity contribution in [2.45, 2.75) is 53.9 Å². The van der Waals surface area contributed by atoms with Gasteiger partial charge >= 0.3 is 0 Å². The number of fused-ring (bicyclic) bond motifs is 2. The van der Waals surface area contributed by atoms with E-state index < -0.39 is 0 Å². The highest BCUT2D eigenvalue weighted by molar-refractivity contribution is 5.90. The van der Waals surface area contributed by atoms with Gasteiger partial charge in [0, 0.05) is 43.2 Å². The monoisotopic (exact) mass is 635 g/mol. The quantitative estimate of drug-likeness (QED) is 0.101. The number of carbonyl (C=O) groups excluding carboxylic acids is 1. The predicted molar refractivity (Wildman–Crippen MR) is 190 cm³/mol. The molecule has 0 aliphatic carbocycles. The van der Waals surface area contributed by atoms with Crippen molar-refractivity contribution in [2.75, 3.05) is 36.5 Å². The molecule has 0 spiro atoms. The van der Waals surface area contributed by atoms with Gasteiger partial charge in [-0.2, -0.15) is 5.10 Å². The van der Waals surface area contributed by atoms with Crippen molar-refractivity contribution in [3.05, 3.63) is 72.9 Å². The molecule has 47 heavy (non-hydrogen) atoms. The van der Waals surface area contributed by atoms with Gasteiger partial charge in [0.15, 0.2) is 23.2 Å². The van der Waals surface area contributed by atoms with Gasteiger partial charge < -0.3 is 19.7 Å². The van der Waals surface area contributed by atoms with Crippen LogP contribution >= 0.6 is 0 Å². The maximum absolute atomic E-state index is 9.69. The van der Waals surface area contributed by atoms with Gasteiger partial charge in [0.1, 0.15) is 23.4 Å². The third-order valence-electron chi connectivity index (χ3n) is 7.49. The van der Waals surface area contributed by atoms with E-state index in [1.807, 2.05) is 61.5 Å². The molecule has 1 unspecified atom stereocenters. The molecule has 0 saturated carbocycles. The Morgan fingerprint density at radius 2 is 2.13 bits per heavy atom.